The van der Waals surface area contributed by atoms with Crippen molar-refractivity contribution in [2.75, 3.05) is 0 Å². The average molecular weight is 198 g/mol. The van der Waals surface area contributed by atoms with Crippen LogP contribution in [0.3, 0.4) is 0 Å². The van der Waals surface area contributed by atoms with Gasteiger partial charge in [-0.05, 0) is 5.57 Å². The van der Waals surface area contributed by atoms with Gasteiger partial charge >= 0.3 is 0 Å². The molecule has 0 aromatic carbocycles. The van der Waals surface area contributed by atoms with E-state index in [1.807, 2.05) is 6.07 Å². The Balaban J connectivity index is 4.48. The second-order valence-electron chi connectivity index (χ2n) is 1.62. The van der Waals surface area contributed by atoms with Crippen molar-refractivity contribution in [2.24, 2.45) is 0 Å². The van der Waals surface area contributed by atoms with Crippen molar-refractivity contribution >= 4 is 15.9 Å². The first-order valence-electron chi connectivity index (χ1n) is 2.76. The van der Waals surface area contributed by atoms with Gasteiger partial charge in [-0.25, -0.2) is 0 Å². The van der Waals surface area contributed by atoms with Crippen LogP contribution in [0.25, 0.3) is 0 Å². The Kier molecular flexibility index (Phi) is 4.61. The minimum Gasteiger partial charge on any atom is -0.198 e. The summed E-state index contributed by atoms with van der Waals surface area (Å²) < 4.78 is 0.837. The fraction of sp³-hybridized carbons (Fsp3) is 0.125. The lowest BCUT2D eigenvalue weighted by molar-refractivity contribution is 1.27. The third kappa shape index (κ3) is 2.65. The minimum atomic E-state index is 0.371. The molecule has 0 saturated heterocycles. The summed E-state index contributed by atoms with van der Waals surface area (Å²) in [6, 6.07) is 2.03. The first kappa shape index (κ1) is 9.19. The van der Waals surface area contributed by atoms with Gasteiger partial charge in [-0.1, -0.05) is 41.2 Å². The summed E-state index contributed by atoms with van der Waals surface area (Å²) in [7, 11) is 0. The molecule has 0 aliphatic heterocycles. The van der Waals surface area contributed by atoms with Gasteiger partial charge in [0.15, 0.2) is 0 Å². The molecular weight excluding hydrogens is 190 g/mol. The Hall–Kier alpha value is -0.810. The zero-order valence-corrected chi connectivity index (χ0v) is 7.19. The highest BCUT2D eigenvalue weighted by Crippen LogP contribution is 2.16. The van der Waals surface area contributed by atoms with Crippen LogP contribution in [0, 0.1) is 11.3 Å². The fourth-order valence-corrected chi connectivity index (χ4v) is 0.772. The number of halogens is 1. The molecule has 0 aliphatic rings. The molecule has 0 N–H and O–H groups in total. The molecule has 0 aromatic rings. The molecule has 0 amide bonds. The number of hydrogen-bond donors (Lipinski definition) is 0. The highest BCUT2D eigenvalue weighted by molar-refractivity contribution is 9.11. The number of hydrogen-bond acceptors (Lipinski definition) is 1. The lowest BCUT2D eigenvalue weighted by Crippen LogP contribution is -1.76. The second-order valence-corrected chi connectivity index (χ2v) is 2.47. The molecule has 2 heteroatoms. The van der Waals surface area contributed by atoms with Crippen LogP contribution in [0.15, 0.2) is 35.4 Å². The van der Waals surface area contributed by atoms with Gasteiger partial charge in [0.25, 0.3) is 0 Å². The lowest BCUT2D eigenvalue weighted by Gasteiger charge is -1.94. The first-order chi connectivity index (χ1) is 4.76. The van der Waals surface area contributed by atoms with Crippen molar-refractivity contribution < 1.29 is 0 Å². The van der Waals surface area contributed by atoms with E-state index in [4.69, 9.17) is 5.26 Å². The van der Waals surface area contributed by atoms with E-state index in [0.29, 0.717) is 6.42 Å². The standard InChI is InChI=1S/C8H8BrN/c1-3-7(5-6-10)8(9)4-2/h3-4H,1-2,5H2/b8-7-. The van der Waals surface area contributed by atoms with Gasteiger partial charge in [-0.3, -0.25) is 0 Å². The SMILES string of the molecule is C=C/C(Br)=C(\C=C)CC#N. The maximum absolute atomic E-state index is 8.33. The highest BCUT2D eigenvalue weighted by Gasteiger charge is 1.94. The minimum absolute atomic E-state index is 0.371. The van der Waals surface area contributed by atoms with Crippen molar-refractivity contribution in [1.82, 2.24) is 0 Å². The Morgan fingerprint density at radius 2 is 2.10 bits per heavy atom. The monoisotopic (exact) mass is 197 g/mol. The Labute approximate surface area is 69.5 Å². The van der Waals surface area contributed by atoms with Crippen molar-refractivity contribution in [1.29, 1.82) is 5.26 Å². The Morgan fingerprint density at radius 1 is 1.50 bits per heavy atom. The smallest absolute Gasteiger partial charge is 0.0670 e. The third-order valence-corrected chi connectivity index (χ3v) is 1.83. The van der Waals surface area contributed by atoms with Crippen LogP contribution in [-0.4, -0.2) is 0 Å². The van der Waals surface area contributed by atoms with E-state index < -0.39 is 0 Å². The van der Waals surface area contributed by atoms with Gasteiger partial charge in [0.2, 0.25) is 0 Å². The number of nitriles is 1. The molecule has 0 unspecified atom stereocenters. The second kappa shape index (κ2) is 5.01. The van der Waals surface area contributed by atoms with Crippen LogP contribution in [-0.2, 0) is 0 Å². The normalized spacial score (nSPS) is 11.2. The molecule has 10 heavy (non-hydrogen) atoms. The Bertz CT molecular complexity index is 208. The van der Waals surface area contributed by atoms with Crippen LogP contribution >= 0.6 is 15.9 Å². The molecule has 0 rings (SSSR count). The molecule has 0 aromatic heterocycles. The number of allylic oxidation sites excluding steroid dienone is 4. The molecule has 0 radical (unpaired) electrons. The van der Waals surface area contributed by atoms with Crippen LogP contribution in [0.1, 0.15) is 6.42 Å². The van der Waals surface area contributed by atoms with E-state index in [9.17, 15) is 0 Å². The number of rotatable bonds is 3. The van der Waals surface area contributed by atoms with E-state index in [1.54, 1.807) is 12.2 Å². The predicted molar refractivity (Wildman–Crippen MR) is 46.6 cm³/mol. The zero-order chi connectivity index (χ0) is 7.98. The van der Waals surface area contributed by atoms with Crippen LogP contribution in [0.4, 0.5) is 0 Å². The van der Waals surface area contributed by atoms with Crippen LogP contribution in [0.2, 0.25) is 0 Å². The molecule has 52 valence electrons. The molecule has 0 heterocycles. The van der Waals surface area contributed by atoms with Crippen molar-refractivity contribution in [2.45, 2.75) is 6.42 Å². The Morgan fingerprint density at radius 3 is 2.40 bits per heavy atom. The van der Waals surface area contributed by atoms with Gasteiger partial charge in [0, 0.05) is 4.48 Å². The summed E-state index contributed by atoms with van der Waals surface area (Å²) in [5.74, 6) is 0. The lowest BCUT2D eigenvalue weighted by atomic mass is 10.2. The summed E-state index contributed by atoms with van der Waals surface area (Å²) in [4.78, 5) is 0. The molecule has 0 atom stereocenters. The van der Waals surface area contributed by atoms with Crippen molar-refractivity contribution in [3.8, 4) is 6.07 Å². The van der Waals surface area contributed by atoms with E-state index in [0.717, 1.165) is 10.1 Å². The molecule has 0 spiro atoms. The van der Waals surface area contributed by atoms with Crippen molar-refractivity contribution in [3.63, 3.8) is 0 Å². The van der Waals surface area contributed by atoms with Crippen LogP contribution in [0.5, 0.6) is 0 Å². The fourth-order valence-electron chi connectivity index (χ4n) is 0.470. The summed E-state index contributed by atoms with van der Waals surface area (Å²) in [5, 5.41) is 8.33. The largest absolute Gasteiger partial charge is 0.198 e. The van der Waals surface area contributed by atoms with Gasteiger partial charge in [0.1, 0.15) is 0 Å². The van der Waals surface area contributed by atoms with E-state index in [1.165, 1.54) is 0 Å². The highest BCUT2D eigenvalue weighted by atomic mass is 79.9. The zero-order valence-electron chi connectivity index (χ0n) is 5.60. The first-order valence-corrected chi connectivity index (χ1v) is 3.56. The molecule has 0 fully saturated rings. The van der Waals surface area contributed by atoms with E-state index >= 15 is 0 Å². The molecule has 0 aliphatic carbocycles. The quantitative estimate of drug-likeness (QED) is 0.639. The number of nitrogens with zero attached hydrogens (tertiary/aromatic N) is 1. The molecular formula is C8H8BrN. The predicted octanol–water partition coefficient (Wildman–Crippen LogP) is 2.92. The van der Waals surface area contributed by atoms with Gasteiger partial charge in [-0.2, -0.15) is 5.26 Å². The summed E-state index contributed by atoms with van der Waals surface area (Å²) >= 11 is 3.24. The maximum atomic E-state index is 8.33. The summed E-state index contributed by atoms with van der Waals surface area (Å²) in [6.07, 6.45) is 3.67. The molecule has 1 nitrogen and oxygen atoms in total. The molecule has 0 bridgehead atoms. The summed E-state index contributed by atoms with van der Waals surface area (Å²) in [5.41, 5.74) is 0.873. The van der Waals surface area contributed by atoms with Gasteiger partial charge in [-0.15, -0.1) is 0 Å². The summed E-state index contributed by atoms with van der Waals surface area (Å²) in [6.45, 7) is 7.11. The van der Waals surface area contributed by atoms with E-state index in [2.05, 4.69) is 29.1 Å². The topological polar surface area (TPSA) is 23.8 Å². The maximum Gasteiger partial charge on any atom is 0.0670 e. The average Bonchev–Trinajstić information content (AvgIpc) is 1.99. The van der Waals surface area contributed by atoms with Gasteiger partial charge in [0.05, 0.1) is 12.5 Å². The molecule has 0 saturated carbocycles. The third-order valence-electron chi connectivity index (χ3n) is 1.00. The van der Waals surface area contributed by atoms with Crippen LogP contribution < -0.4 is 0 Å². The van der Waals surface area contributed by atoms with E-state index in [-0.39, 0.29) is 0 Å². The van der Waals surface area contributed by atoms with Gasteiger partial charge < -0.3 is 0 Å². The van der Waals surface area contributed by atoms with Crippen molar-refractivity contribution in [3.05, 3.63) is 35.4 Å².